The molecule has 256 valence electrons. The van der Waals surface area contributed by atoms with Gasteiger partial charge in [-0.2, -0.15) is 5.10 Å². The summed E-state index contributed by atoms with van der Waals surface area (Å²) in [5.74, 6) is 1.29. The van der Waals surface area contributed by atoms with Crippen molar-refractivity contribution >= 4 is 39.9 Å². The van der Waals surface area contributed by atoms with E-state index in [1.807, 2.05) is 106 Å². The van der Waals surface area contributed by atoms with Crippen LogP contribution in [0.15, 0.2) is 84.9 Å². The van der Waals surface area contributed by atoms with Gasteiger partial charge in [-0.3, -0.25) is 10.1 Å². The van der Waals surface area contributed by atoms with Gasteiger partial charge >= 0.3 is 6.03 Å². The average molecular weight is 661 g/mol. The lowest BCUT2D eigenvalue weighted by Crippen LogP contribution is -2.21. The van der Waals surface area contributed by atoms with Gasteiger partial charge in [-0.15, -0.1) is 0 Å². The van der Waals surface area contributed by atoms with Crippen LogP contribution in [-0.4, -0.2) is 47.3 Å². The number of anilines is 3. The zero-order valence-electron chi connectivity index (χ0n) is 29.7. The average Bonchev–Trinajstić information content (AvgIpc) is 3.49. The highest BCUT2D eigenvalue weighted by Gasteiger charge is 2.22. The molecule has 0 aliphatic rings. The van der Waals surface area contributed by atoms with Gasteiger partial charge in [0, 0.05) is 34.4 Å². The second kappa shape index (κ2) is 15.4. The third-order valence-corrected chi connectivity index (χ3v) is 8.36. The van der Waals surface area contributed by atoms with Crippen molar-refractivity contribution in [2.45, 2.75) is 65.9 Å². The summed E-state index contributed by atoms with van der Waals surface area (Å²) in [5, 5.41) is 15.7. The molecule has 0 fully saturated rings. The summed E-state index contributed by atoms with van der Waals surface area (Å²) in [5.41, 5.74) is 6.20. The minimum absolute atomic E-state index is 0.0157. The Labute approximate surface area is 289 Å². The standard InChI is InChI=1S/C40H48N6O3/c1-8-29-18-17-28(24-34(29)41-38(47)14-11-23-45(6)7)26-49-35-22-21-33(31-12-9-10-13-32(31)35)42-39(48)43-37-25-36(40(3,4)5)44-46(37)30-19-15-27(2)16-20-30/h9-10,12-13,15-22,24-25H,8,11,14,23,26H2,1-7H3,(H,41,47)(H2,42,43,48). The first kappa shape index (κ1) is 35.2. The molecule has 0 aliphatic carbocycles. The number of hydrogen-bond donors (Lipinski definition) is 3. The summed E-state index contributed by atoms with van der Waals surface area (Å²) >= 11 is 0. The van der Waals surface area contributed by atoms with Crippen LogP contribution in [0.5, 0.6) is 5.75 Å². The maximum absolute atomic E-state index is 13.4. The Morgan fingerprint density at radius 1 is 0.857 bits per heavy atom. The van der Waals surface area contributed by atoms with Crippen molar-refractivity contribution in [3.05, 3.63) is 107 Å². The van der Waals surface area contributed by atoms with E-state index in [0.29, 0.717) is 30.3 Å². The summed E-state index contributed by atoms with van der Waals surface area (Å²) < 4.78 is 8.10. The van der Waals surface area contributed by atoms with Crippen LogP contribution in [0.1, 0.15) is 62.9 Å². The molecule has 0 saturated heterocycles. The molecule has 0 radical (unpaired) electrons. The fourth-order valence-electron chi connectivity index (χ4n) is 5.56. The number of hydrogen-bond acceptors (Lipinski definition) is 5. The first-order valence-electron chi connectivity index (χ1n) is 16.9. The van der Waals surface area contributed by atoms with E-state index in [-0.39, 0.29) is 17.4 Å². The van der Waals surface area contributed by atoms with Gasteiger partial charge in [-0.25, -0.2) is 9.48 Å². The first-order valence-corrected chi connectivity index (χ1v) is 16.9. The Bertz CT molecular complexity index is 1920. The molecular weight excluding hydrogens is 612 g/mol. The Morgan fingerprint density at radius 3 is 2.29 bits per heavy atom. The van der Waals surface area contributed by atoms with E-state index in [1.54, 1.807) is 4.68 Å². The number of nitrogens with one attached hydrogen (secondary N) is 3. The Hall–Kier alpha value is -5.15. The molecule has 0 unspecified atom stereocenters. The molecule has 3 N–H and O–H groups in total. The van der Waals surface area contributed by atoms with Crippen molar-refractivity contribution in [2.75, 3.05) is 36.6 Å². The first-order chi connectivity index (χ1) is 23.4. The van der Waals surface area contributed by atoms with Gasteiger partial charge in [0.05, 0.1) is 17.1 Å². The smallest absolute Gasteiger partial charge is 0.324 e. The van der Waals surface area contributed by atoms with E-state index >= 15 is 0 Å². The number of nitrogens with zero attached hydrogens (tertiary/aromatic N) is 3. The SMILES string of the molecule is CCc1ccc(COc2ccc(NC(=O)Nc3cc(C(C)(C)C)nn3-c3ccc(C)cc3)c3ccccc23)cc1NC(=O)CCCN(C)C. The normalized spacial score (nSPS) is 11.5. The minimum Gasteiger partial charge on any atom is -0.488 e. The zero-order valence-corrected chi connectivity index (χ0v) is 29.7. The van der Waals surface area contributed by atoms with E-state index in [1.165, 1.54) is 0 Å². The molecule has 0 spiro atoms. The molecule has 0 bridgehead atoms. The highest BCUT2D eigenvalue weighted by molar-refractivity contribution is 6.07. The number of carbonyl (C=O) groups excluding carboxylic acids is 2. The molecule has 3 amide bonds. The molecule has 5 rings (SSSR count). The van der Waals surface area contributed by atoms with Crippen molar-refractivity contribution in [3.8, 4) is 11.4 Å². The number of amides is 3. The van der Waals surface area contributed by atoms with Gasteiger partial charge in [0.1, 0.15) is 18.2 Å². The Kier molecular flexibility index (Phi) is 11.0. The van der Waals surface area contributed by atoms with Crippen LogP contribution in [0, 0.1) is 6.92 Å². The molecule has 9 nitrogen and oxygen atoms in total. The lowest BCUT2D eigenvalue weighted by Gasteiger charge is -2.16. The fourth-order valence-corrected chi connectivity index (χ4v) is 5.56. The number of aryl methyl sites for hydroxylation is 2. The van der Waals surface area contributed by atoms with Crippen LogP contribution in [0.25, 0.3) is 16.5 Å². The molecule has 1 heterocycles. The van der Waals surface area contributed by atoms with Crippen molar-refractivity contribution in [1.82, 2.24) is 14.7 Å². The molecule has 4 aromatic carbocycles. The summed E-state index contributed by atoms with van der Waals surface area (Å²) in [6, 6.07) is 27.2. The number of ether oxygens (including phenoxy) is 1. The lowest BCUT2D eigenvalue weighted by molar-refractivity contribution is -0.116. The molecule has 49 heavy (non-hydrogen) atoms. The summed E-state index contributed by atoms with van der Waals surface area (Å²) in [6.07, 6.45) is 2.09. The third-order valence-electron chi connectivity index (χ3n) is 8.36. The van der Waals surface area contributed by atoms with Crippen molar-refractivity contribution in [3.63, 3.8) is 0 Å². The predicted octanol–water partition coefficient (Wildman–Crippen LogP) is 8.70. The summed E-state index contributed by atoms with van der Waals surface area (Å²) in [4.78, 5) is 28.2. The highest BCUT2D eigenvalue weighted by Crippen LogP contribution is 2.33. The second-order valence-electron chi connectivity index (χ2n) is 13.7. The van der Waals surface area contributed by atoms with Crippen molar-refractivity contribution in [2.24, 2.45) is 0 Å². The van der Waals surface area contributed by atoms with Crippen LogP contribution in [0.2, 0.25) is 0 Å². The van der Waals surface area contributed by atoms with Crippen LogP contribution >= 0.6 is 0 Å². The monoisotopic (exact) mass is 660 g/mol. The van der Waals surface area contributed by atoms with Gasteiger partial charge in [0.2, 0.25) is 5.91 Å². The maximum Gasteiger partial charge on any atom is 0.324 e. The predicted molar refractivity (Wildman–Crippen MR) is 200 cm³/mol. The topological polar surface area (TPSA) is 101 Å². The van der Waals surface area contributed by atoms with Crippen LogP contribution in [0.4, 0.5) is 22.0 Å². The summed E-state index contributed by atoms with van der Waals surface area (Å²) in [7, 11) is 4.02. The molecule has 0 aliphatic heterocycles. The van der Waals surface area contributed by atoms with Gasteiger partial charge in [-0.05, 0) is 81.9 Å². The molecule has 5 aromatic rings. The minimum atomic E-state index is -0.375. The molecule has 0 saturated carbocycles. The Balaban J connectivity index is 1.31. The quantitative estimate of drug-likeness (QED) is 0.124. The molecule has 1 aromatic heterocycles. The number of rotatable bonds is 12. The van der Waals surface area contributed by atoms with Crippen molar-refractivity contribution in [1.29, 1.82) is 0 Å². The van der Waals surface area contributed by atoms with Gasteiger partial charge in [0.15, 0.2) is 0 Å². The maximum atomic E-state index is 13.4. The van der Waals surface area contributed by atoms with E-state index in [2.05, 4.69) is 48.5 Å². The van der Waals surface area contributed by atoms with Crippen LogP contribution < -0.4 is 20.7 Å². The Morgan fingerprint density at radius 2 is 1.59 bits per heavy atom. The number of aromatic nitrogens is 2. The lowest BCUT2D eigenvalue weighted by atomic mass is 9.92. The number of carbonyl (C=O) groups is 2. The van der Waals surface area contributed by atoms with E-state index in [9.17, 15) is 9.59 Å². The van der Waals surface area contributed by atoms with Gasteiger partial charge in [0.25, 0.3) is 0 Å². The molecule has 9 heteroatoms. The molecule has 0 atom stereocenters. The largest absolute Gasteiger partial charge is 0.488 e. The molecular formula is C40H48N6O3. The van der Waals surface area contributed by atoms with Gasteiger partial charge in [-0.1, -0.05) is 81.8 Å². The number of fused-ring (bicyclic) bond motifs is 1. The van der Waals surface area contributed by atoms with E-state index in [4.69, 9.17) is 9.84 Å². The fraction of sp³-hybridized carbons (Fsp3) is 0.325. The zero-order chi connectivity index (χ0) is 35.1. The number of benzene rings is 4. The second-order valence-corrected chi connectivity index (χ2v) is 13.7. The summed E-state index contributed by atoms with van der Waals surface area (Å²) in [6.45, 7) is 11.6. The highest BCUT2D eigenvalue weighted by atomic mass is 16.5. The third kappa shape index (κ3) is 9.06. The van der Waals surface area contributed by atoms with E-state index < -0.39 is 0 Å². The van der Waals surface area contributed by atoms with Crippen LogP contribution in [0.3, 0.4) is 0 Å². The van der Waals surface area contributed by atoms with Crippen molar-refractivity contribution < 1.29 is 14.3 Å². The van der Waals surface area contributed by atoms with E-state index in [0.717, 1.165) is 63.9 Å². The number of urea groups is 1. The van der Waals surface area contributed by atoms with Gasteiger partial charge < -0.3 is 20.3 Å². The van der Waals surface area contributed by atoms with Crippen LogP contribution in [-0.2, 0) is 23.2 Å².